The number of aromatic nitrogens is 2. The van der Waals surface area contributed by atoms with E-state index in [1.807, 2.05) is 24.3 Å². The van der Waals surface area contributed by atoms with E-state index < -0.39 is 0 Å². The number of rotatable bonds is 5. The molecule has 1 heterocycles. The Morgan fingerprint density at radius 2 is 1.95 bits per heavy atom. The van der Waals surface area contributed by atoms with Gasteiger partial charge in [-0.3, -0.25) is 0 Å². The van der Waals surface area contributed by atoms with E-state index in [-0.39, 0.29) is 6.04 Å². The van der Waals surface area contributed by atoms with Crippen LogP contribution in [0.4, 0.5) is 5.95 Å². The van der Waals surface area contributed by atoms with Crippen molar-refractivity contribution in [3.05, 3.63) is 52.8 Å². The van der Waals surface area contributed by atoms with Crippen LogP contribution in [0.3, 0.4) is 0 Å². The van der Waals surface area contributed by atoms with E-state index in [1.54, 1.807) is 0 Å². The van der Waals surface area contributed by atoms with Gasteiger partial charge in [-0.05, 0) is 25.0 Å². The van der Waals surface area contributed by atoms with Gasteiger partial charge in [-0.2, -0.15) is 0 Å². The summed E-state index contributed by atoms with van der Waals surface area (Å²) in [5, 5.41) is 3.78. The van der Waals surface area contributed by atoms with Crippen LogP contribution in [0.15, 0.2) is 36.4 Å². The first-order valence-electron chi connectivity index (χ1n) is 6.54. The van der Waals surface area contributed by atoms with E-state index in [2.05, 4.69) is 41.3 Å². The summed E-state index contributed by atoms with van der Waals surface area (Å²) in [5.41, 5.74) is 2.17. The molecule has 4 heteroatoms. The Hall–Kier alpha value is -1.61. The van der Waals surface area contributed by atoms with Gasteiger partial charge in [0.1, 0.15) is 5.15 Å². The second kappa shape index (κ2) is 6.53. The summed E-state index contributed by atoms with van der Waals surface area (Å²) in [6.45, 7) is 4.20. The molecule has 0 aliphatic rings. The fraction of sp³-hybridized carbons (Fsp3) is 0.333. The lowest BCUT2D eigenvalue weighted by atomic mass is 10.1. The van der Waals surface area contributed by atoms with Gasteiger partial charge in [0.05, 0.1) is 6.04 Å². The van der Waals surface area contributed by atoms with Crippen LogP contribution >= 0.6 is 11.6 Å². The van der Waals surface area contributed by atoms with Crippen LogP contribution in [0.5, 0.6) is 0 Å². The fourth-order valence-corrected chi connectivity index (χ4v) is 2.14. The van der Waals surface area contributed by atoms with Gasteiger partial charge >= 0.3 is 0 Å². The zero-order valence-electron chi connectivity index (χ0n) is 11.2. The normalized spacial score (nSPS) is 12.2. The van der Waals surface area contributed by atoms with E-state index in [4.69, 9.17) is 11.6 Å². The first-order chi connectivity index (χ1) is 9.19. The average molecular weight is 276 g/mol. The summed E-state index contributed by atoms with van der Waals surface area (Å²) in [7, 11) is 0. The smallest absolute Gasteiger partial charge is 0.224 e. The molecule has 0 fully saturated rings. The van der Waals surface area contributed by atoms with Crippen molar-refractivity contribution >= 4 is 17.5 Å². The molecule has 100 valence electrons. The van der Waals surface area contributed by atoms with Crippen LogP contribution < -0.4 is 5.32 Å². The van der Waals surface area contributed by atoms with Crippen molar-refractivity contribution in [1.29, 1.82) is 0 Å². The molecule has 2 aromatic rings. The van der Waals surface area contributed by atoms with Crippen LogP contribution in [0.1, 0.15) is 37.6 Å². The van der Waals surface area contributed by atoms with Crippen molar-refractivity contribution in [2.45, 2.75) is 32.7 Å². The van der Waals surface area contributed by atoms with Crippen molar-refractivity contribution in [3.63, 3.8) is 0 Å². The van der Waals surface area contributed by atoms with Crippen LogP contribution in [0, 0.1) is 0 Å². The monoisotopic (exact) mass is 275 g/mol. The van der Waals surface area contributed by atoms with Gasteiger partial charge < -0.3 is 5.32 Å². The van der Waals surface area contributed by atoms with Crippen molar-refractivity contribution in [3.8, 4) is 0 Å². The summed E-state index contributed by atoms with van der Waals surface area (Å²) >= 11 is 6.02. The van der Waals surface area contributed by atoms with E-state index in [1.165, 1.54) is 5.56 Å². The van der Waals surface area contributed by atoms with Crippen molar-refractivity contribution in [2.24, 2.45) is 0 Å². The molecule has 2 rings (SSSR count). The van der Waals surface area contributed by atoms with Crippen LogP contribution in [0.2, 0.25) is 5.15 Å². The minimum Gasteiger partial charge on any atom is -0.348 e. The third kappa shape index (κ3) is 3.93. The van der Waals surface area contributed by atoms with Gasteiger partial charge in [-0.15, -0.1) is 0 Å². The lowest BCUT2D eigenvalue weighted by Crippen LogP contribution is -2.10. The highest BCUT2D eigenvalue weighted by atomic mass is 35.5. The Kier molecular flexibility index (Phi) is 4.74. The highest BCUT2D eigenvalue weighted by molar-refractivity contribution is 6.29. The predicted molar refractivity (Wildman–Crippen MR) is 79.5 cm³/mol. The van der Waals surface area contributed by atoms with E-state index in [0.29, 0.717) is 11.1 Å². The molecular formula is C15H18ClN3. The molecule has 1 unspecified atom stereocenters. The quantitative estimate of drug-likeness (QED) is 0.829. The Bertz CT molecular complexity index is 528. The number of anilines is 1. The Morgan fingerprint density at radius 3 is 2.63 bits per heavy atom. The van der Waals surface area contributed by atoms with Crippen molar-refractivity contribution < 1.29 is 0 Å². The van der Waals surface area contributed by atoms with Crippen LogP contribution in [-0.2, 0) is 6.42 Å². The number of halogens is 1. The van der Waals surface area contributed by atoms with Gasteiger partial charge in [-0.25, -0.2) is 9.97 Å². The zero-order valence-corrected chi connectivity index (χ0v) is 12.0. The highest BCUT2D eigenvalue weighted by Crippen LogP contribution is 2.18. The first-order valence-corrected chi connectivity index (χ1v) is 6.91. The Balaban J connectivity index is 2.14. The second-order valence-corrected chi connectivity index (χ2v) is 4.92. The second-order valence-electron chi connectivity index (χ2n) is 4.53. The zero-order chi connectivity index (χ0) is 13.7. The molecule has 1 atom stereocenters. The number of hydrogen-bond donors (Lipinski definition) is 1. The largest absolute Gasteiger partial charge is 0.348 e. The molecule has 19 heavy (non-hydrogen) atoms. The molecule has 1 aromatic heterocycles. The minimum absolute atomic E-state index is 0.147. The number of hydrogen-bond acceptors (Lipinski definition) is 3. The topological polar surface area (TPSA) is 37.8 Å². The third-order valence-electron chi connectivity index (χ3n) is 2.90. The van der Waals surface area contributed by atoms with Gasteiger partial charge in [0, 0.05) is 5.69 Å². The Morgan fingerprint density at radius 1 is 1.21 bits per heavy atom. The SMILES string of the molecule is CCCc1cc(Cl)nc(NC(C)c2ccccc2)n1. The number of aryl methyl sites for hydroxylation is 1. The number of benzene rings is 1. The summed E-state index contributed by atoms with van der Waals surface area (Å²) in [5.74, 6) is 0.590. The van der Waals surface area contributed by atoms with E-state index in [0.717, 1.165) is 18.5 Å². The molecule has 0 saturated heterocycles. The summed E-state index contributed by atoms with van der Waals surface area (Å²) in [4.78, 5) is 8.71. The van der Waals surface area contributed by atoms with Crippen LogP contribution in [-0.4, -0.2) is 9.97 Å². The Labute approximate surface area is 119 Å². The van der Waals surface area contributed by atoms with Crippen LogP contribution in [0.25, 0.3) is 0 Å². The molecule has 3 nitrogen and oxygen atoms in total. The maximum Gasteiger partial charge on any atom is 0.224 e. The maximum atomic E-state index is 6.02. The molecule has 0 aliphatic heterocycles. The first kappa shape index (κ1) is 13.8. The minimum atomic E-state index is 0.147. The fourth-order valence-electron chi connectivity index (χ4n) is 1.93. The standard InChI is InChI=1S/C15H18ClN3/c1-3-7-13-10-14(16)19-15(18-13)17-11(2)12-8-5-4-6-9-12/h4-6,8-11H,3,7H2,1-2H3,(H,17,18,19). The lowest BCUT2D eigenvalue weighted by Gasteiger charge is -2.14. The molecule has 0 saturated carbocycles. The molecule has 0 bridgehead atoms. The summed E-state index contributed by atoms with van der Waals surface area (Å²) in [6, 6.07) is 12.2. The maximum absolute atomic E-state index is 6.02. The molecule has 1 aromatic carbocycles. The molecule has 0 spiro atoms. The molecular weight excluding hydrogens is 258 g/mol. The predicted octanol–water partition coefficient (Wildman–Crippen LogP) is 4.26. The summed E-state index contributed by atoms with van der Waals surface area (Å²) < 4.78 is 0. The molecule has 0 aliphatic carbocycles. The van der Waals surface area contributed by atoms with Crippen molar-refractivity contribution in [2.75, 3.05) is 5.32 Å². The van der Waals surface area contributed by atoms with E-state index >= 15 is 0 Å². The number of nitrogens with zero attached hydrogens (tertiary/aromatic N) is 2. The highest BCUT2D eigenvalue weighted by Gasteiger charge is 2.08. The van der Waals surface area contributed by atoms with Gasteiger partial charge in [0.2, 0.25) is 5.95 Å². The van der Waals surface area contributed by atoms with Gasteiger partial charge in [-0.1, -0.05) is 55.3 Å². The number of nitrogens with one attached hydrogen (secondary N) is 1. The van der Waals surface area contributed by atoms with E-state index in [9.17, 15) is 0 Å². The average Bonchev–Trinajstić information content (AvgIpc) is 2.39. The van der Waals surface area contributed by atoms with Crippen molar-refractivity contribution in [1.82, 2.24) is 9.97 Å². The molecule has 0 radical (unpaired) electrons. The third-order valence-corrected chi connectivity index (χ3v) is 3.09. The molecule has 0 amide bonds. The van der Waals surface area contributed by atoms with Gasteiger partial charge in [0.15, 0.2) is 0 Å². The van der Waals surface area contributed by atoms with Gasteiger partial charge in [0.25, 0.3) is 0 Å². The summed E-state index contributed by atoms with van der Waals surface area (Å²) in [6.07, 6.45) is 1.96. The molecule has 1 N–H and O–H groups in total. The lowest BCUT2D eigenvalue weighted by molar-refractivity contribution is 0.834.